The molecular weight excluding hydrogens is 753 g/mol. The lowest BCUT2D eigenvalue weighted by Crippen LogP contribution is -2.37. The van der Waals surface area contributed by atoms with Gasteiger partial charge >= 0.3 is 11.4 Å². The number of thiazole rings is 1. The SMILES string of the molecule is Cn1c(=O)c2c(ncn2CC(=O)Nc2ccc(-c3ccccc3)nc2)n(C)c1=O.Cn1c(=O)c2c(ncn2CC(=O)Nc2ccc(-c3nccs3)cc2)n(C)c1=O.[HH].[HH]. The van der Waals surface area contributed by atoms with Crippen molar-refractivity contribution in [1.82, 2.24) is 47.3 Å². The molecule has 292 valence electrons. The van der Waals surface area contributed by atoms with Crippen LogP contribution in [0.25, 0.3) is 44.2 Å². The molecule has 8 rings (SSSR count). The average Bonchev–Trinajstić information content (AvgIpc) is 4.00. The van der Waals surface area contributed by atoms with Crippen molar-refractivity contribution in [1.29, 1.82) is 0 Å². The highest BCUT2D eigenvalue weighted by Crippen LogP contribution is 2.23. The fraction of sp³-hybridized carbons (Fsp3) is 0.158. The van der Waals surface area contributed by atoms with Crippen LogP contribution in [0.3, 0.4) is 0 Å². The normalized spacial score (nSPS) is 11.0. The number of carbonyl (C=O) groups excluding carboxylic acids is 2. The van der Waals surface area contributed by atoms with Crippen molar-refractivity contribution in [3.63, 3.8) is 0 Å². The topological polar surface area (TPSA) is 208 Å². The molecule has 0 bridgehead atoms. The molecule has 0 radical (unpaired) electrons. The molecular formula is C38H38N12O6S. The highest BCUT2D eigenvalue weighted by molar-refractivity contribution is 7.13. The van der Waals surface area contributed by atoms with Crippen molar-refractivity contribution < 1.29 is 12.4 Å². The molecule has 6 aromatic heterocycles. The third-order valence-corrected chi connectivity index (χ3v) is 9.85. The van der Waals surface area contributed by atoms with E-state index in [0.29, 0.717) is 11.4 Å². The van der Waals surface area contributed by atoms with Crippen molar-refractivity contribution in [2.75, 3.05) is 10.6 Å². The van der Waals surface area contributed by atoms with E-state index < -0.39 is 22.5 Å². The van der Waals surface area contributed by atoms with Gasteiger partial charge in [-0.05, 0) is 36.4 Å². The number of aromatic nitrogens is 10. The second-order valence-corrected chi connectivity index (χ2v) is 13.7. The molecule has 0 spiro atoms. The number of amides is 2. The lowest BCUT2D eigenvalue weighted by molar-refractivity contribution is -0.117. The number of carbonyl (C=O) groups is 2. The third kappa shape index (κ3) is 7.58. The molecule has 19 heteroatoms. The molecule has 57 heavy (non-hydrogen) atoms. The molecule has 0 atom stereocenters. The summed E-state index contributed by atoms with van der Waals surface area (Å²) in [7, 11) is 5.85. The molecule has 0 aliphatic carbocycles. The van der Waals surface area contributed by atoms with E-state index in [9.17, 15) is 28.8 Å². The lowest BCUT2D eigenvalue weighted by Gasteiger charge is -2.08. The van der Waals surface area contributed by atoms with E-state index in [1.165, 1.54) is 70.5 Å². The fourth-order valence-electron chi connectivity index (χ4n) is 6.05. The predicted molar refractivity (Wildman–Crippen MR) is 219 cm³/mol. The van der Waals surface area contributed by atoms with Gasteiger partial charge in [-0.25, -0.2) is 24.5 Å². The Bertz CT molecular complexity index is 3030. The van der Waals surface area contributed by atoms with E-state index in [2.05, 4.69) is 30.6 Å². The summed E-state index contributed by atoms with van der Waals surface area (Å²) in [6.45, 7) is -0.220. The quantitative estimate of drug-likeness (QED) is 0.230. The summed E-state index contributed by atoms with van der Waals surface area (Å²) in [4.78, 5) is 90.6. The minimum atomic E-state index is -0.498. The number of nitrogens with zero attached hydrogens (tertiary/aromatic N) is 10. The first-order valence-corrected chi connectivity index (χ1v) is 18.1. The minimum absolute atomic E-state index is 0. The number of fused-ring (bicyclic) bond motifs is 2. The maximum atomic E-state index is 12.5. The molecule has 18 nitrogen and oxygen atoms in total. The van der Waals surface area contributed by atoms with Crippen LogP contribution in [0.5, 0.6) is 0 Å². The molecule has 0 aliphatic heterocycles. The Morgan fingerprint density at radius 3 is 1.63 bits per heavy atom. The molecule has 2 aromatic carbocycles. The van der Waals surface area contributed by atoms with Gasteiger partial charge in [0.1, 0.15) is 18.1 Å². The first-order valence-electron chi connectivity index (χ1n) is 17.2. The van der Waals surface area contributed by atoms with Gasteiger partial charge in [0.25, 0.3) is 11.1 Å². The standard InChI is InChI=1S/C20H18N6O3.C18H16N6O3S.2H2/c1-24-18-17(19(28)25(2)20(24)29)26(12-22-18)11-16(27)23-14-8-9-15(21-10-14)13-6-4-3-5-7-13;1-22-15-14(17(26)23(2)18(22)27)24(10-20-15)9-13(25)21-12-5-3-11(4-6-12)16-19-7-8-28-16;;/h3-10,12H,11H2,1-2H3,(H,23,27);3-8,10H,9H2,1-2H3,(H,21,25);2*1H. The zero-order valence-corrected chi connectivity index (χ0v) is 31.8. The first kappa shape index (κ1) is 37.8. The summed E-state index contributed by atoms with van der Waals surface area (Å²) in [5.41, 5.74) is 2.89. The van der Waals surface area contributed by atoms with Crippen molar-refractivity contribution in [3.8, 4) is 21.8 Å². The van der Waals surface area contributed by atoms with Crippen LogP contribution in [0.2, 0.25) is 0 Å². The highest BCUT2D eigenvalue weighted by Gasteiger charge is 2.18. The average molecular weight is 791 g/mol. The molecule has 6 heterocycles. The van der Waals surface area contributed by atoms with Crippen LogP contribution in [-0.2, 0) is 50.9 Å². The number of rotatable bonds is 8. The summed E-state index contributed by atoms with van der Waals surface area (Å²) in [5.74, 6) is -0.647. The summed E-state index contributed by atoms with van der Waals surface area (Å²) in [5, 5.41) is 8.36. The summed E-state index contributed by atoms with van der Waals surface area (Å²) >= 11 is 1.54. The minimum Gasteiger partial charge on any atom is -0.325 e. The van der Waals surface area contributed by atoms with Crippen molar-refractivity contribution >= 4 is 56.9 Å². The van der Waals surface area contributed by atoms with Gasteiger partial charge in [0.05, 0.1) is 30.2 Å². The van der Waals surface area contributed by atoms with Crippen LogP contribution in [0.4, 0.5) is 11.4 Å². The van der Waals surface area contributed by atoms with Gasteiger partial charge in [-0.2, -0.15) is 0 Å². The van der Waals surface area contributed by atoms with Crippen LogP contribution in [-0.4, -0.2) is 59.2 Å². The van der Waals surface area contributed by atoms with Crippen LogP contribution >= 0.6 is 11.3 Å². The van der Waals surface area contributed by atoms with Crippen molar-refractivity contribution in [2.45, 2.75) is 13.1 Å². The van der Waals surface area contributed by atoms with Gasteiger partial charge in [0.15, 0.2) is 22.3 Å². The summed E-state index contributed by atoms with van der Waals surface area (Å²) in [6.07, 6.45) is 6.08. The zero-order valence-electron chi connectivity index (χ0n) is 31.0. The molecule has 0 saturated heterocycles. The van der Waals surface area contributed by atoms with Gasteiger partial charge in [-0.15, -0.1) is 11.3 Å². The van der Waals surface area contributed by atoms with Gasteiger partial charge in [0.2, 0.25) is 11.8 Å². The Hall–Kier alpha value is -7.54. The number of anilines is 2. The Balaban J connectivity index is 0.000000217. The van der Waals surface area contributed by atoms with Crippen LogP contribution in [0.1, 0.15) is 2.85 Å². The lowest BCUT2D eigenvalue weighted by atomic mass is 10.1. The van der Waals surface area contributed by atoms with Crippen LogP contribution in [0.15, 0.2) is 116 Å². The van der Waals surface area contributed by atoms with Crippen molar-refractivity contribution in [3.05, 3.63) is 139 Å². The zero-order chi connectivity index (χ0) is 40.4. The number of hydrogen-bond acceptors (Lipinski definition) is 11. The van der Waals surface area contributed by atoms with Gasteiger partial charge < -0.3 is 19.8 Å². The number of pyridine rings is 1. The third-order valence-electron chi connectivity index (χ3n) is 9.03. The fourth-order valence-corrected chi connectivity index (χ4v) is 6.70. The van der Waals surface area contributed by atoms with E-state index >= 15 is 0 Å². The number of hydrogen-bond donors (Lipinski definition) is 2. The van der Waals surface area contributed by atoms with E-state index in [1.54, 1.807) is 30.6 Å². The van der Waals surface area contributed by atoms with E-state index in [0.717, 1.165) is 31.0 Å². The number of benzene rings is 2. The Labute approximate surface area is 328 Å². The molecule has 8 aromatic rings. The first-order chi connectivity index (χ1) is 27.4. The highest BCUT2D eigenvalue weighted by atomic mass is 32.1. The maximum Gasteiger partial charge on any atom is 0.332 e. The molecule has 0 aliphatic rings. The Morgan fingerprint density at radius 2 is 1.14 bits per heavy atom. The number of imidazole rings is 2. The van der Waals surface area contributed by atoms with Gasteiger partial charge in [-0.3, -0.25) is 42.4 Å². The molecule has 2 amide bonds. The van der Waals surface area contributed by atoms with Crippen molar-refractivity contribution in [2.24, 2.45) is 28.2 Å². The van der Waals surface area contributed by atoms with E-state index in [1.807, 2.05) is 53.9 Å². The van der Waals surface area contributed by atoms with Gasteiger partial charge in [-0.1, -0.05) is 30.3 Å². The summed E-state index contributed by atoms with van der Waals surface area (Å²) in [6, 6.07) is 20.7. The smallest absolute Gasteiger partial charge is 0.325 e. The molecule has 0 unspecified atom stereocenters. The van der Waals surface area contributed by atoms with Gasteiger partial charge in [0, 0.05) is 59.4 Å². The van der Waals surface area contributed by atoms with Crippen LogP contribution in [0, 0.1) is 0 Å². The molecule has 0 saturated carbocycles. The largest absolute Gasteiger partial charge is 0.332 e. The maximum absolute atomic E-state index is 12.5. The monoisotopic (exact) mass is 790 g/mol. The van der Waals surface area contributed by atoms with Crippen LogP contribution < -0.4 is 33.1 Å². The number of nitrogens with one attached hydrogen (secondary N) is 2. The second-order valence-electron chi connectivity index (χ2n) is 12.8. The predicted octanol–water partition coefficient (Wildman–Crippen LogP) is 2.82. The Kier molecular flexibility index (Phi) is 10.4. The summed E-state index contributed by atoms with van der Waals surface area (Å²) < 4.78 is 7.41. The Morgan fingerprint density at radius 1 is 0.614 bits per heavy atom. The number of aryl methyl sites for hydroxylation is 2. The van der Waals surface area contributed by atoms with E-state index in [4.69, 9.17) is 0 Å². The molecule has 2 N–H and O–H groups in total. The second kappa shape index (κ2) is 15.7. The molecule has 0 fully saturated rings. The van der Waals surface area contributed by atoms with E-state index in [-0.39, 0.29) is 50.1 Å².